The number of carbonyl (C=O) groups excluding carboxylic acids is 2. The second kappa shape index (κ2) is 11.7. The van der Waals surface area contributed by atoms with Crippen molar-refractivity contribution in [1.82, 2.24) is 0 Å². The van der Waals surface area contributed by atoms with Crippen LogP contribution >= 0.6 is 0 Å². The lowest BCUT2D eigenvalue weighted by molar-refractivity contribution is -0.297. The smallest absolute Gasteiger partial charge is 0.198 e. The first-order valence-electron chi connectivity index (χ1n) is 8.65. The van der Waals surface area contributed by atoms with Crippen molar-refractivity contribution < 1.29 is 19.1 Å². The summed E-state index contributed by atoms with van der Waals surface area (Å²) in [7, 11) is 0. The molecule has 0 aromatic carbocycles. The zero-order valence-electron chi connectivity index (χ0n) is 14.0. The molecule has 0 unspecified atom stereocenters. The van der Waals surface area contributed by atoms with E-state index in [1.54, 1.807) is 12.1 Å². The molecule has 23 heavy (non-hydrogen) atoms. The molecule has 0 aliphatic heterocycles. The first-order chi connectivity index (χ1) is 11.1. The van der Waals surface area contributed by atoms with Gasteiger partial charge in [-0.1, -0.05) is 58.3 Å². The Kier molecular flexibility index (Phi) is 9.76. The highest BCUT2D eigenvalue weighted by Crippen LogP contribution is 2.15. The Labute approximate surface area is 138 Å². The Morgan fingerprint density at radius 1 is 1.00 bits per heavy atom. The number of carboxylic acid groups (broad SMARTS) is 1. The van der Waals surface area contributed by atoms with Gasteiger partial charge >= 0.3 is 0 Å². The first-order valence-corrected chi connectivity index (χ1v) is 8.65. The van der Waals surface area contributed by atoms with E-state index in [4.69, 9.17) is 4.42 Å². The van der Waals surface area contributed by atoms with Crippen LogP contribution in [0, 0.1) is 0 Å². The van der Waals surface area contributed by atoms with Crippen LogP contribution in [0.1, 0.15) is 87.4 Å². The molecule has 0 amide bonds. The molecular formula is C19H27O4-. The van der Waals surface area contributed by atoms with Crippen LogP contribution in [0.15, 0.2) is 22.6 Å². The fraction of sp³-hybridized carbons (Fsp3) is 0.579. The molecule has 0 saturated carbocycles. The number of unbranched alkanes of at least 4 members (excludes halogenated alkanes) is 8. The highest BCUT2D eigenvalue weighted by molar-refractivity contribution is 5.93. The van der Waals surface area contributed by atoms with Gasteiger partial charge in [0.25, 0.3) is 0 Å². The summed E-state index contributed by atoms with van der Waals surface area (Å²) in [5, 5.41) is 10.3. The predicted molar refractivity (Wildman–Crippen MR) is 88.9 cm³/mol. The summed E-state index contributed by atoms with van der Waals surface area (Å²) in [5.41, 5.74) is 0. The van der Waals surface area contributed by atoms with Gasteiger partial charge in [0.15, 0.2) is 11.5 Å². The summed E-state index contributed by atoms with van der Waals surface area (Å²) in [6.07, 6.45) is 13.6. The molecule has 0 bridgehead atoms. The number of carbonyl (C=O) groups is 2. The van der Waals surface area contributed by atoms with Crippen LogP contribution < -0.4 is 5.11 Å². The van der Waals surface area contributed by atoms with E-state index in [-0.39, 0.29) is 5.78 Å². The zero-order chi connectivity index (χ0) is 16.9. The van der Waals surface area contributed by atoms with Crippen LogP contribution in [0.2, 0.25) is 0 Å². The highest BCUT2D eigenvalue weighted by Gasteiger charge is 2.09. The molecule has 1 aromatic rings. The first kappa shape index (κ1) is 19.2. The minimum Gasteiger partial charge on any atom is -0.545 e. The third-order valence-electron chi connectivity index (χ3n) is 3.79. The topological polar surface area (TPSA) is 70.3 Å². The van der Waals surface area contributed by atoms with E-state index in [0.29, 0.717) is 17.9 Å². The standard InChI is InChI=1S/C19H28O4/c1-2-3-4-5-6-7-8-9-10-11-17(20)18-14-12-16(23-18)13-15-19(21)22/h12-15H,2-11H2,1H3,(H,21,22)/p-1/b15-13+. The Bertz CT molecular complexity index is 499. The number of ketones is 1. The fourth-order valence-corrected chi connectivity index (χ4v) is 2.46. The maximum Gasteiger partial charge on any atom is 0.198 e. The fourth-order valence-electron chi connectivity index (χ4n) is 2.46. The normalized spacial score (nSPS) is 11.2. The monoisotopic (exact) mass is 319 g/mol. The van der Waals surface area contributed by atoms with Gasteiger partial charge in [-0.25, -0.2) is 0 Å². The van der Waals surface area contributed by atoms with Gasteiger partial charge < -0.3 is 14.3 Å². The van der Waals surface area contributed by atoms with Crippen LogP contribution in [-0.4, -0.2) is 11.8 Å². The van der Waals surface area contributed by atoms with E-state index in [1.165, 1.54) is 51.0 Å². The number of furan rings is 1. The molecule has 0 spiro atoms. The van der Waals surface area contributed by atoms with Gasteiger partial charge in [-0.05, 0) is 30.7 Å². The molecule has 1 rings (SSSR count). The third kappa shape index (κ3) is 9.01. The third-order valence-corrected chi connectivity index (χ3v) is 3.79. The van der Waals surface area contributed by atoms with E-state index in [0.717, 1.165) is 18.9 Å². The zero-order valence-corrected chi connectivity index (χ0v) is 14.0. The Morgan fingerprint density at radius 2 is 1.61 bits per heavy atom. The number of aliphatic carboxylic acids is 1. The van der Waals surface area contributed by atoms with Gasteiger partial charge in [0, 0.05) is 6.42 Å². The van der Waals surface area contributed by atoms with Gasteiger partial charge in [-0.15, -0.1) is 0 Å². The van der Waals surface area contributed by atoms with Gasteiger partial charge in [-0.3, -0.25) is 4.79 Å². The molecule has 0 aliphatic rings. The van der Waals surface area contributed by atoms with Crippen molar-refractivity contribution >= 4 is 17.8 Å². The number of hydrogen-bond acceptors (Lipinski definition) is 4. The summed E-state index contributed by atoms with van der Waals surface area (Å²) in [6, 6.07) is 3.17. The van der Waals surface area contributed by atoms with Crippen molar-refractivity contribution in [2.75, 3.05) is 0 Å². The second-order valence-corrected chi connectivity index (χ2v) is 5.86. The summed E-state index contributed by atoms with van der Waals surface area (Å²) in [4.78, 5) is 22.3. The second-order valence-electron chi connectivity index (χ2n) is 5.86. The maximum absolute atomic E-state index is 12.0. The number of rotatable bonds is 13. The summed E-state index contributed by atoms with van der Waals surface area (Å²) < 4.78 is 5.30. The molecule has 0 N–H and O–H groups in total. The van der Waals surface area contributed by atoms with E-state index in [9.17, 15) is 14.7 Å². The maximum atomic E-state index is 12.0. The molecular weight excluding hydrogens is 292 g/mol. The van der Waals surface area contributed by atoms with Crippen LogP contribution in [0.25, 0.3) is 6.08 Å². The lowest BCUT2D eigenvalue weighted by Gasteiger charge is -2.01. The number of carboxylic acids is 1. The minimum atomic E-state index is -1.29. The Morgan fingerprint density at radius 3 is 2.22 bits per heavy atom. The summed E-state index contributed by atoms with van der Waals surface area (Å²) >= 11 is 0. The van der Waals surface area contributed by atoms with Gasteiger partial charge in [-0.2, -0.15) is 0 Å². The molecule has 4 nitrogen and oxygen atoms in total. The molecule has 0 saturated heterocycles. The van der Waals surface area contributed by atoms with Crippen molar-refractivity contribution in [1.29, 1.82) is 0 Å². The summed E-state index contributed by atoms with van der Waals surface area (Å²) in [5.74, 6) is -0.669. The van der Waals surface area contributed by atoms with Crippen molar-refractivity contribution in [2.24, 2.45) is 0 Å². The average Bonchev–Trinajstić information content (AvgIpc) is 3.00. The van der Waals surface area contributed by atoms with Crippen molar-refractivity contribution in [3.63, 3.8) is 0 Å². The summed E-state index contributed by atoms with van der Waals surface area (Å²) in [6.45, 7) is 2.22. The van der Waals surface area contributed by atoms with Crippen LogP contribution in [0.3, 0.4) is 0 Å². The highest BCUT2D eigenvalue weighted by atomic mass is 16.4. The molecule has 1 heterocycles. The van der Waals surface area contributed by atoms with E-state index < -0.39 is 5.97 Å². The molecule has 1 aromatic heterocycles. The molecule has 0 aliphatic carbocycles. The van der Waals surface area contributed by atoms with E-state index in [2.05, 4.69) is 6.92 Å². The molecule has 128 valence electrons. The SMILES string of the molecule is CCCCCCCCCCCC(=O)c1ccc(/C=C/C(=O)[O-])o1. The van der Waals surface area contributed by atoms with E-state index >= 15 is 0 Å². The molecule has 0 atom stereocenters. The van der Waals surface area contributed by atoms with Crippen molar-refractivity contribution in [2.45, 2.75) is 71.1 Å². The quantitative estimate of drug-likeness (QED) is 0.311. The lowest BCUT2D eigenvalue weighted by Crippen LogP contribution is -2.18. The van der Waals surface area contributed by atoms with Gasteiger partial charge in [0.2, 0.25) is 0 Å². The van der Waals surface area contributed by atoms with Gasteiger partial charge in [0.1, 0.15) is 5.76 Å². The number of hydrogen-bond donors (Lipinski definition) is 0. The largest absolute Gasteiger partial charge is 0.545 e. The Balaban J connectivity index is 2.13. The predicted octanol–water partition coefficient (Wildman–Crippen LogP) is 4.15. The van der Waals surface area contributed by atoms with Crippen LogP contribution in [0.4, 0.5) is 0 Å². The molecule has 0 radical (unpaired) electrons. The molecule has 0 fully saturated rings. The Hall–Kier alpha value is -1.84. The lowest BCUT2D eigenvalue weighted by atomic mass is 10.1. The number of Topliss-reactive ketones (excluding diaryl/α,β-unsaturated/α-hetero) is 1. The van der Waals surface area contributed by atoms with Crippen molar-refractivity contribution in [3.8, 4) is 0 Å². The van der Waals surface area contributed by atoms with Crippen LogP contribution in [-0.2, 0) is 4.79 Å². The van der Waals surface area contributed by atoms with Crippen LogP contribution in [0.5, 0.6) is 0 Å². The molecule has 4 heteroatoms. The van der Waals surface area contributed by atoms with E-state index in [1.807, 2.05) is 0 Å². The van der Waals surface area contributed by atoms with Gasteiger partial charge in [0.05, 0.1) is 5.97 Å². The average molecular weight is 319 g/mol. The van der Waals surface area contributed by atoms with Crippen molar-refractivity contribution in [3.05, 3.63) is 29.7 Å². The minimum absolute atomic E-state index is 0.0268.